The van der Waals surface area contributed by atoms with E-state index in [-0.39, 0.29) is 5.82 Å². The summed E-state index contributed by atoms with van der Waals surface area (Å²) in [5.74, 6) is 0.885. The van der Waals surface area contributed by atoms with Crippen molar-refractivity contribution < 1.29 is 9.50 Å². The molecule has 3 aliphatic rings. The molecule has 3 aliphatic carbocycles. The summed E-state index contributed by atoms with van der Waals surface area (Å²) in [4.78, 5) is 0. The third-order valence-corrected chi connectivity index (χ3v) is 3.86. The van der Waals surface area contributed by atoms with Gasteiger partial charge in [0.2, 0.25) is 0 Å². The molecule has 1 aromatic rings. The van der Waals surface area contributed by atoms with Crippen LogP contribution in [0.3, 0.4) is 0 Å². The van der Waals surface area contributed by atoms with E-state index in [0.29, 0.717) is 11.8 Å². The first-order valence-corrected chi connectivity index (χ1v) is 5.17. The van der Waals surface area contributed by atoms with E-state index in [1.807, 2.05) is 0 Å². The average molecular weight is 192 g/mol. The van der Waals surface area contributed by atoms with Gasteiger partial charge in [-0.1, -0.05) is 12.1 Å². The largest absolute Gasteiger partial charge is 0.385 e. The highest BCUT2D eigenvalue weighted by Crippen LogP contribution is 2.59. The second kappa shape index (κ2) is 2.57. The zero-order valence-corrected chi connectivity index (χ0v) is 7.91. The molecule has 0 aliphatic heterocycles. The molecule has 1 unspecified atom stereocenters. The van der Waals surface area contributed by atoms with E-state index in [1.165, 1.54) is 12.1 Å². The molecule has 1 aromatic carbocycles. The molecule has 1 nitrogen and oxygen atoms in total. The third-order valence-electron chi connectivity index (χ3n) is 3.86. The smallest absolute Gasteiger partial charge is 0.123 e. The van der Waals surface area contributed by atoms with Gasteiger partial charge in [-0.15, -0.1) is 0 Å². The Kier molecular flexibility index (Phi) is 1.55. The molecule has 0 saturated heterocycles. The minimum Gasteiger partial charge on any atom is -0.385 e. The molecule has 14 heavy (non-hydrogen) atoms. The lowest BCUT2D eigenvalue weighted by Gasteiger charge is -2.30. The number of hydrogen-bond acceptors (Lipinski definition) is 1. The van der Waals surface area contributed by atoms with Gasteiger partial charge in [0.15, 0.2) is 0 Å². The Labute approximate surface area is 82.6 Å². The monoisotopic (exact) mass is 192 g/mol. The molecule has 2 heteroatoms. The van der Waals surface area contributed by atoms with E-state index >= 15 is 0 Å². The van der Waals surface area contributed by atoms with Crippen LogP contribution in [0.4, 0.5) is 4.39 Å². The van der Waals surface area contributed by atoms with E-state index in [1.54, 1.807) is 12.1 Å². The van der Waals surface area contributed by atoms with Gasteiger partial charge in [0.25, 0.3) is 0 Å². The average Bonchev–Trinajstić information content (AvgIpc) is 2.58. The molecule has 1 N–H and O–H groups in total. The van der Waals surface area contributed by atoms with E-state index in [9.17, 15) is 9.50 Å². The number of fused-ring (bicyclic) bond motifs is 1. The van der Waals surface area contributed by atoms with Crippen LogP contribution in [0.25, 0.3) is 0 Å². The number of benzene rings is 1. The lowest BCUT2D eigenvalue weighted by atomic mass is 9.79. The Morgan fingerprint density at radius 1 is 1.21 bits per heavy atom. The van der Waals surface area contributed by atoms with Crippen molar-refractivity contribution in [3.8, 4) is 0 Å². The Bertz CT molecular complexity index is 353. The van der Waals surface area contributed by atoms with E-state index in [2.05, 4.69) is 0 Å². The van der Waals surface area contributed by atoms with Gasteiger partial charge in [-0.3, -0.25) is 0 Å². The molecule has 3 saturated carbocycles. The van der Waals surface area contributed by atoms with Crippen LogP contribution in [0, 0.1) is 17.7 Å². The number of aliphatic hydroxyl groups is 1. The first-order valence-electron chi connectivity index (χ1n) is 5.17. The van der Waals surface area contributed by atoms with Crippen molar-refractivity contribution in [2.24, 2.45) is 11.8 Å². The Hall–Kier alpha value is -0.890. The number of rotatable bonds is 1. The Morgan fingerprint density at radius 2 is 1.86 bits per heavy atom. The molecular weight excluding hydrogens is 179 g/mol. The van der Waals surface area contributed by atoms with Crippen molar-refractivity contribution in [3.63, 3.8) is 0 Å². The molecule has 0 radical (unpaired) electrons. The van der Waals surface area contributed by atoms with Crippen molar-refractivity contribution in [1.82, 2.24) is 0 Å². The Morgan fingerprint density at radius 3 is 2.36 bits per heavy atom. The third kappa shape index (κ3) is 0.976. The number of hydrogen-bond donors (Lipinski definition) is 1. The fourth-order valence-corrected chi connectivity index (χ4v) is 2.99. The van der Waals surface area contributed by atoms with Crippen molar-refractivity contribution in [3.05, 3.63) is 35.6 Å². The fraction of sp³-hybridized carbons (Fsp3) is 0.500. The van der Waals surface area contributed by atoms with Gasteiger partial charge in [0, 0.05) is 0 Å². The normalized spacial score (nSPS) is 39.6. The Balaban J connectivity index is 1.98. The quantitative estimate of drug-likeness (QED) is 0.724. The minimum absolute atomic E-state index is 0.234. The molecule has 74 valence electrons. The molecule has 1 atom stereocenters. The van der Waals surface area contributed by atoms with Crippen LogP contribution in [0.1, 0.15) is 24.8 Å². The first kappa shape index (κ1) is 8.42. The summed E-state index contributed by atoms with van der Waals surface area (Å²) >= 11 is 0. The van der Waals surface area contributed by atoms with Crippen molar-refractivity contribution >= 4 is 0 Å². The summed E-state index contributed by atoms with van der Waals surface area (Å²) in [7, 11) is 0. The molecule has 4 rings (SSSR count). The van der Waals surface area contributed by atoms with E-state index in [4.69, 9.17) is 0 Å². The highest BCUT2D eigenvalue weighted by molar-refractivity contribution is 5.28. The van der Waals surface area contributed by atoms with Crippen LogP contribution in [-0.4, -0.2) is 5.11 Å². The molecule has 0 aromatic heterocycles. The van der Waals surface area contributed by atoms with Gasteiger partial charge in [-0.25, -0.2) is 4.39 Å². The van der Waals surface area contributed by atoms with Gasteiger partial charge in [-0.2, -0.15) is 0 Å². The molecule has 3 fully saturated rings. The van der Waals surface area contributed by atoms with Crippen LogP contribution in [-0.2, 0) is 5.60 Å². The van der Waals surface area contributed by atoms with Crippen LogP contribution in [0.15, 0.2) is 24.3 Å². The first-order chi connectivity index (χ1) is 6.68. The summed E-state index contributed by atoms with van der Waals surface area (Å²) in [6.07, 6.45) is 3.16. The molecule has 0 amide bonds. The van der Waals surface area contributed by atoms with Gasteiger partial charge in [0.05, 0.1) is 5.60 Å². The van der Waals surface area contributed by atoms with E-state index in [0.717, 1.165) is 24.8 Å². The van der Waals surface area contributed by atoms with Crippen LogP contribution >= 0.6 is 0 Å². The molecule has 2 bridgehead atoms. The maximum absolute atomic E-state index is 12.7. The topological polar surface area (TPSA) is 20.2 Å². The summed E-state index contributed by atoms with van der Waals surface area (Å²) in [5, 5.41) is 10.4. The van der Waals surface area contributed by atoms with Crippen molar-refractivity contribution in [2.75, 3.05) is 0 Å². The lowest BCUT2D eigenvalue weighted by molar-refractivity contribution is 0.00594. The fourth-order valence-electron chi connectivity index (χ4n) is 2.99. The maximum atomic E-state index is 12.7. The standard InChI is InChI=1S/C12H13FO/c13-11-3-1-9(2-4-11)12(14)7-8-5-10(12)6-8/h1-4,8,10,14H,5-7H2. The summed E-state index contributed by atoms with van der Waals surface area (Å²) < 4.78 is 12.7. The maximum Gasteiger partial charge on any atom is 0.123 e. The van der Waals surface area contributed by atoms with Crippen molar-refractivity contribution in [1.29, 1.82) is 0 Å². The summed E-state index contributed by atoms with van der Waals surface area (Å²) in [6, 6.07) is 6.30. The minimum atomic E-state index is -0.654. The van der Waals surface area contributed by atoms with E-state index < -0.39 is 5.60 Å². The molecular formula is C12H13FO. The van der Waals surface area contributed by atoms with Gasteiger partial charge in [-0.05, 0) is 48.8 Å². The zero-order valence-electron chi connectivity index (χ0n) is 7.91. The van der Waals surface area contributed by atoms with Gasteiger partial charge >= 0.3 is 0 Å². The molecule has 0 heterocycles. The van der Waals surface area contributed by atoms with Crippen LogP contribution < -0.4 is 0 Å². The molecule has 0 spiro atoms. The summed E-state index contributed by atoms with van der Waals surface area (Å²) in [5.41, 5.74) is 0.238. The lowest BCUT2D eigenvalue weighted by Crippen LogP contribution is -2.29. The highest BCUT2D eigenvalue weighted by Gasteiger charge is 2.54. The highest BCUT2D eigenvalue weighted by atomic mass is 19.1. The summed E-state index contributed by atoms with van der Waals surface area (Å²) in [6.45, 7) is 0. The van der Waals surface area contributed by atoms with Crippen LogP contribution in [0.2, 0.25) is 0 Å². The predicted octanol–water partition coefficient (Wildman–Crippen LogP) is 2.44. The van der Waals surface area contributed by atoms with Crippen molar-refractivity contribution in [2.45, 2.75) is 24.9 Å². The van der Waals surface area contributed by atoms with Crippen LogP contribution in [0.5, 0.6) is 0 Å². The second-order valence-corrected chi connectivity index (χ2v) is 4.67. The second-order valence-electron chi connectivity index (χ2n) is 4.67. The predicted molar refractivity (Wildman–Crippen MR) is 51.1 cm³/mol. The SMILES string of the molecule is OC1(c2ccc(F)cc2)CC2CC1C2. The zero-order chi connectivity index (χ0) is 9.76. The van der Waals surface area contributed by atoms with Gasteiger partial charge < -0.3 is 5.11 Å². The number of halogens is 1. The van der Waals surface area contributed by atoms with Gasteiger partial charge in [0.1, 0.15) is 5.82 Å².